The molecule has 0 saturated heterocycles. The van der Waals surface area contributed by atoms with Gasteiger partial charge in [-0.1, -0.05) is 0 Å². The van der Waals surface area contributed by atoms with Crippen LogP contribution in [-0.4, -0.2) is 37.3 Å². The predicted octanol–water partition coefficient (Wildman–Crippen LogP) is -2.94. The maximum atomic E-state index is 9.60. The zero-order valence-corrected chi connectivity index (χ0v) is 7.08. The summed E-state index contributed by atoms with van der Waals surface area (Å²) in [6.45, 7) is 0. The Morgan fingerprint density at radius 2 is 1.57 bits per heavy atom. The molecule has 0 aliphatic heterocycles. The molecule has 0 radical (unpaired) electrons. The van der Waals surface area contributed by atoms with E-state index in [9.17, 15) is 7.48 Å². The molecule has 0 heterocycles. The van der Waals surface area contributed by atoms with E-state index in [-0.39, 0.29) is 0 Å². The first-order chi connectivity index (χ1) is 2.94. The SMILES string of the molecule is O=[AsH](O)[As](=O)(O)O. The Balaban J connectivity index is 4.09. The third kappa shape index (κ3) is 3.20. The van der Waals surface area contributed by atoms with Gasteiger partial charge in [0, 0.05) is 0 Å². The van der Waals surface area contributed by atoms with Crippen LogP contribution in [0.5, 0.6) is 0 Å². The molecule has 0 aromatic rings. The third-order valence-corrected chi connectivity index (χ3v) is 6.73. The first kappa shape index (κ1) is 7.60. The summed E-state index contributed by atoms with van der Waals surface area (Å²) in [6.07, 6.45) is 0. The second kappa shape index (κ2) is 2.24. The van der Waals surface area contributed by atoms with Gasteiger partial charge in [-0.15, -0.1) is 0 Å². The van der Waals surface area contributed by atoms with Crippen LogP contribution in [0.1, 0.15) is 0 Å². The average molecular weight is 234 g/mol. The molecule has 0 amide bonds. The Morgan fingerprint density at radius 1 is 1.43 bits per heavy atom. The van der Waals surface area contributed by atoms with Crippen LogP contribution in [0, 0.1) is 0 Å². The summed E-state index contributed by atoms with van der Waals surface area (Å²) in [4.78, 5) is 0. The number of rotatable bonds is 1. The minimum atomic E-state index is -5.11. The average Bonchev–Trinajstić information content (AvgIpc) is 1.31. The summed E-state index contributed by atoms with van der Waals surface area (Å²) in [6, 6.07) is 0. The Morgan fingerprint density at radius 3 is 1.57 bits per heavy atom. The van der Waals surface area contributed by atoms with E-state index in [1.54, 1.807) is 0 Å². The topological polar surface area (TPSA) is 94.8 Å². The van der Waals surface area contributed by atoms with Crippen molar-refractivity contribution in [3.05, 3.63) is 0 Å². The molecule has 0 bridgehead atoms. The zero-order valence-electron chi connectivity index (χ0n) is 3.11. The van der Waals surface area contributed by atoms with E-state index >= 15 is 0 Å². The Labute approximate surface area is 45.1 Å². The first-order valence-corrected chi connectivity index (χ1v) is 11.3. The summed E-state index contributed by atoms with van der Waals surface area (Å²) >= 11 is -9.22. The summed E-state index contributed by atoms with van der Waals surface area (Å²) in [7, 11) is 0. The maximum absolute atomic E-state index is 9.60. The Kier molecular flexibility index (Phi) is 2.44. The van der Waals surface area contributed by atoms with Gasteiger partial charge in [-0.25, -0.2) is 0 Å². The molecule has 0 saturated carbocycles. The molecule has 0 aromatic carbocycles. The fourth-order valence-electron chi connectivity index (χ4n) is 0. The van der Waals surface area contributed by atoms with Crippen molar-refractivity contribution in [3.63, 3.8) is 0 Å². The van der Waals surface area contributed by atoms with Crippen LogP contribution < -0.4 is 0 Å². The van der Waals surface area contributed by atoms with Crippen molar-refractivity contribution in [2.45, 2.75) is 0 Å². The predicted molar refractivity (Wildman–Crippen MR) is 20.9 cm³/mol. The molecule has 0 spiro atoms. The number of hydrogen-bond donors (Lipinski definition) is 3. The second-order valence-electron chi connectivity index (χ2n) is 0.827. The van der Waals surface area contributed by atoms with Crippen LogP contribution >= 0.6 is 0 Å². The minimum absolute atomic E-state index is 4.11. The van der Waals surface area contributed by atoms with Gasteiger partial charge < -0.3 is 0 Å². The molecule has 1 unspecified atom stereocenters. The van der Waals surface area contributed by atoms with E-state index in [1.165, 1.54) is 0 Å². The molecule has 3 N–H and O–H groups in total. The molecule has 0 aliphatic rings. The normalized spacial score (nSPS) is 16.4. The van der Waals surface area contributed by atoms with Gasteiger partial charge in [0.2, 0.25) is 0 Å². The molecular weight excluding hydrogens is 230 g/mol. The molecule has 44 valence electrons. The summed E-state index contributed by atoms with van der Waals surface area (Å²) in [5, 5.41) is 0. The van der Waals surface area contributed by atoms with Crippen molar-refractivity contribution in [1.29, 1.82) is 0 Å². The molecular formula is H4As2O5. The second-order valence-corrected chi connectivity index (χ2v) is 14.8. The summed E-state index contributed by atoms with van der Waals surface area (Å²) in [5.41, 5.74) is 0. The van der Waals surface area contributed by atoms with Gasteiger partial charge in [0.15, 0.2) is 0 Å². The van der Waals surface area contributed by atoms with E-state index in [0.717, 1.165) is 0 Å². The molecule has 0 rings (SSSR count). The molecule has 0 aliphatic carbocycles. The van der Waals surface area contributed by atoms with Crippen LogP contribution in [0.3, 0.4) is 0 Å². The van der Waals surface area contributed by atoms with Crippen LogP contribution in [-0.2, 0) is 7.48 Å². The molecule has 0 aromatic heterocycles. The molecule has 5 nitrogen and oxygen atoms in total. The quantitative estimate of drug-likeness (QED) is 0.422. The van der Waals surface area contributed by atoms with E-state index in [1.807, 2.05) is 0 Å². The van der Waals surface area contributed by atoms with Crippen LogP contribution in [0.25, 0.3) is 0 Å². The zero-order chi connectivity index (χ0) is 6.08. The monoisotopic (exact) mass is 234 g/mol. The van der Waals surface area contributed by atoms with Gasteiger partial charge in [-0.05, 0) is 0 Å². The summed E-state index contributed by atoms with van der Waals surface area (Å²) < 4.78 is 42.5. The van der Waals surface area contributed by atoms with Gasteiger partial charge in [-0.2, -0.15) is 0 Å². The Bertz CT molecular complexity index is 118. The Hall–Kier alpha value is 0.597. The van der Waals surface area contributed by atoms with Gasteiger partial charge in [0.1, 0.15) is 0 Å². The van der Waals surface area contributed by atoms with Gasteiger partial charge in [0.25, 0.3) is 0 Å². The molecule has 7 heteroatoms. The fourth-order valence-corrected chi connectivity index (χ4v) is 0. The van der Waals surface area contributed by atoms with E-state index in [0.29, 0.717) is 0 Å². The molecule has 0 fully saturated rings. The van der Waals surface area contributed by atoms with E-state index < -0.39 is 25.0 Å². The van der Waals surface area contributed by atoms with Gasteiger partial charge in [0.05, 0.1) is 0 Å². The van der Waals surface area contributed by atoms with Crippen molar-refractivity contribution in [2.75, 3.05) is 0 Å². The molecule has 1 atom stereocenters. The van der Waals surface area contributed by atoms with Crippen molar-refractivity contribution in [3.8, 4) is 0 Å². The van der Waals surface area contributed by atoms with E-state index in [2.05, 4.69) is 0 Å². The van der Waals surface area contributed by atoms with E-state index in [4.69, 9.17) is 12.3 Å². The van der Waals surface area contributed by atoms with Crippen molar-refractivity contribution in [1.82, 2.24) is 0 Å². The van der Waals surface area contributed by atoms with Gasteiger partial charge in [-0.3, -0.25) is 0 Å². The fraction of sp³-hybridized carbons (Fsp3) is 0. The molecule has 7 heavy (non-hydrogen) atoms. The van der Waals surface area contributed by atoms with Crippen LogP contribution in [0.15, 0.2) is 0 Å². The van der Waals surface area contributed by atoms with Crippen LogP contribution in [0.4, 0.5) is 0 Å². The van der Waals surface area contributed by atoms with Crippen molar-refractivity contribution in [2.24, 2.45) is 0 Å². The number of hydrogen-bond acceptors (Lipinski definition) is 2. The van der Waals surface area contributed by atoms with Crippen molar-refractivity contribution >= 4 is 25.0 Å². The van der Waals surface area contributed by atoms with Gasteiger partial charge >= 0.3 is 44.7 Å². The standard InChI is InChI=1S/As2H4O5/c3-1(4)2(5,6)7/h1H,(H,3,4)(H2,5,6,7). The third-order valence-electron chi connectivity index (χ3n) is 0.249. The van der Waals surface area contributed by atoms with Crippen molar-refractivity contribution < 1.29 is 19.8 Å². The van der Waals surface area contributed by atoms with Crippen LogP contribution in [0.2, 0.25) is 0 Å². The first-order valence-electron chi connectivity index (χ1n) is 1.23. The summed E-state index contributed by atoms with van der Waals surface area (Å²) in [5.74, 6) is 0.